The van der Waals surface area contributed by atoms with E-state index in [0.29, 0.717) is 0 Å². The van der Waals surface area contributed by atoms with Crippen molar-refractivity contribution in [3.05, 3.63) is 78.4 Å². The van der Waals surface area contributed by atoms with E-state index in [1.54, 1.807) is 0 Å². The zero-order valence-corrected chi connectivity index (χ0v) is 9.97. The molecule has 0 aliphatic heterocycles. The second kappa shape index (κ2) is 5.35. The molecule has 2 aromatic rings. The van der Waals surface area contributed by atoms with Gasteiger partial charge in [-0.2, -0.15) is 0 Å². The van der Waals surface area contributed by atoms with Crippen molar-refractivity contribution in [2.24, 2.45) is 0 Å². The molecular formula is C16H16O. The zero-order valence-electron chi connectivity index (χ0n) is 9.97. The van der Waals surface area contributed by atoms with Gasteiger partial charge in [0.15, 0.2) is 0 Å². The molecule has 0 amide bonds. The van der Waals surface area contributed by atoms with Crippen LogP contribution < -0.4 is 4.74 Å². The third kappa shape index (κ3) is 2.76. The molecule has 0 aliphatic rings. The van der Waals surface area contributed by atoms with Crippen LogP contribution in [0, 0.1) is 6.92 Å². The maximum atomic E-state index is 5.96. The van der Waals surface area contributed by atoms with Crippen LogP contribution in [0.3, 0.4) is 0 Å². The van der Waals surface area contributed by atoms with Gasteiger partial charge in [-0.1, -0.05) is 55.1 Å². The van der Waals surface area contributed by atoms with Crippen molar-refractivity contribution in [2.45, 2.75) is 13.0 Å². The molecular weight excluding hydrogens is 208 g/mol. The second-order valence-electron chi connectivity index (χ2n) is 3.95. The summed E-state index contributed by atoms with van der Waals surface area (Å²) in [5.41, 5.74) is 2.25. The zero-order chi connectivity index (χ0) is 12.1. The first-order valence-electron chi connectivity index (χ1n) is 5.71. The Hall–Kier alpha value is -2.02. The van der Waals surface area contributed by atoms with E-state index in [2.05, 4.69) is 6.58 Å². The third-order valence-electron chi connectivity index (χ3n) is 2.69. The Balaban J connectivity index is 2.22. The highest BCUT2D eigenvalue weighted by Gasteiger charge is 2.09. The smallest absolute Gasteiger partial charge is 0.142 e. The van der Waals surface area contributed by atoms with Gasteiger partial charge in [-0.25, -0.2) is 0 Å². The molecule has 0 saturated heterocycles. The topological polar surface area (TPSA) is 9.23 Å². The summed E-state index contributed by atoms with van der Waals surface area (Å²) in [4.78, 5) is 0. The predicted octanol–water partition coefficient (Wildman–Crippen LogP) is 4.30. The molecule has 2 rings (SSSR count). The van der Waals surface area contributed by atoms with Gasteiger partial charge in [0.1, 0.15) is 11.9 Å². The number of para-hydroxylation sites is 1. The van der Waals surface area contributed by atoms with Crippen molar-refractivity contribution in [1.29, 1.82) is 0 Å². The van der Waals surface area contributed by atoms with Crippen molar-refractivity contribution in [1.82, 2.24) is 0 Å². The highest BCUT2D eigenvalue weighted by Crippen LogP contribution is 2.25. The van der Waals surface area contributed by atoms with E-state index in [1.807, 2.05) is 67.6 Å². The van der Waals surface area contributed by atoms with E-state index < -0.39 is 0 Å². The molecule has 0 unspecified atom stereocenters. The van der Waals surface area contributed by atoms with E-state index in [4.69, 9.17) is 4.74 Å². The van der Waals surface area contributed by atoms with Crippen LogP contribution in [0.25, 0.3) is 0 Å². The molecule has 86 valence electrons. The second-order valence-corrected chi connectivity index (χ2v) is 3.95. The molecule has 0 aliphatic carbocycles. The lowest BCUT2D eigenvalue weighted by Gasteiger charge is -2.17. The van der Waals surface area contributed by atoms with Gasteiger partial charge in [0.2, 0.25) is 0 Å². The number of ether oxygens (including phenoxy) is 1. The van der Waals surface area contributed by atoms with Crippen molar-refractivity contribution in [3.8, 4) is 5.75 Å². The average Bonchev–Trinajstić information content (AvgIpc) is 2.39. The van der Waals surface area contributed by atoms with E-state index in [1.165, 1.54) is 0 Å². The van der Waals surface area contributed by atoms with Crippen molar-refractivity contribution >= 4 is 0 Å². The van der Waals surface area contributed by atoms with Gasteiger partial charge in [-0.05, 0) is 30.2 Å². The van der Waals surface area contributed by atoms with Gasteiger partial charge in [0.05, 0.1) is 0 Å². The summed E-state index contributed by atoms with van der Waals surface area (Å²) in [6.45, 7) is 5.88. The molecule has 0 radical (unpaired) electrons. The minimum Gasteiger partial charge on any atom is -0.481 e. The lowest BCUT2D eigenvalue weighted by molar-refractivity contribution is 0.254. The van der Waals surface area contributed by atoms with E-state index >= 15 is 0 Å². The largest absolute Gasteiger partial charge is 0.481 e. The predicted molar refractivity (Wildman–Crippen MR) is 71.2 cm³/mol. The Morgan fingerprint density at radius 1 is 1.00 bits per heavy atom. The van der Waals surface area contributed by atoms with Gasteiger partial charge in [0, 0.05) is 0 Å². The van der Waals surface area contributed by atoms with Gasteiger partial charge in [0.25, 0.3) is 0 Å². The van der Waals surface area contributed by atoms with E-state index in [0.717, 1.165) is 16.9 Å². The van der Waals surface area contributed by atoms with Crippen LogP contribution in [0.5, 0.6) is 5.75 Å². The van der Waals surface area contributed by atoms with Crippen LogP contribution in [0.2, 0.25) is 0 Å². The molecule has 1 heteroatoms. The van der Waals surface area contributed by atoms with Gasteiger partial charge in [-0.3, -0.25) is 0 Å². The molecule has 0 N–H and O–H groups in total. The SMILES string of the molecule is C=C[C@H](Oc1ccccc1C)c1ccccc1. The summed E-state index contributed by atoms with van der Waals surface area (Å²) in [7, 11) is 0. The molecule has 0 bridgehead atoms. The van der Waals surface area contributed by atoms with Crippen LogP contribution in [0.4, 0.5) is 0 Å². The number of rotatable bonds is 4. The van der Waals surface area contributed by atoms with Crippen LogP contribution >= 0.6 is 0 Å². The van der Waals surface area contributed by atoms with E-state index in [-0.39, 0.29) is 6.10 Å². The monoisotopic (exact) mass is 224 g/mol. The normalized spacial score (nSPS) is 11.8. The lowest BCUT2D eigenvalue weighted by atomic mass is 10.1. The highest BCUT2D eigenvalue weighted by atomic mass is 16.5. The summed E-state index contributed by atoms with van der Waals surface area (Å²) in [6, 6.07) is 18.1. The van der Waals surface area contributed by atoms with Crippen LogP contribution in [0.1, 0.15) is 17.2 Å². The van der Waals surface area contributed by atoms with Crippen molar-refractivity contribution in [3.63, 3.8) is 0 Å². The molecule has 0 aromatic heterocycles. The van der Waals surface area contributed by atoms with Gasteiger partial charge >= 0.3 is 0 Å². The van der Waals surface area contributed by atoms with Crippen LogP contribution in [-0.2, 0) is 0 Å². The lowest BCUT2D eigenvalue weighted by Crippen LogP contribution is -2.04. The number of aryl methyl sites for hydroxylation is 1. The summed E-state index contributed by atoms with van der Waals surface area (Å²) in [5, 5.41) is 0. The molecule has 0 heterocycles. The minimum absolute atomic E-state index is 0.0997. The third-order valence-corrected chi connectivity index (χ3v) is 2.69. The van der Waals surface area contributed by atoms with Gasteiger partial charge in [-0.15, -0.1) is 0 Å². The summed E-state index contributed by atoms with van der Waals surface area (Å²) in [6.07, 6.45) is 1.72. The van der Waals surface area contributed by atoms with E-state index in [9.17, 15) is 0 Å². The molecule has 17 heavy (non-hydrogen) atoms. The molecule has 2 aromatic carbocycles. The van der Waals surface area contributed by atoms with Crippen LogP contribution in [0.15, 0.2) is 67.3 Å². The number of hydrogen-bond donors (Lipinski definition) is 0. The fourth-order valence-corrected chi connectivity index (χ4v) is 1.72. The Kier molecular flexibility index (Phi) is 3.61. The fraction of sp³-hybridized carbons (Fsp3) is 0.125. The number of hydrogen-bond acceptors (Lipinski definition) is 1. The maximum absolute atomic E-state index is 5.96. The Morgan fingerprint density at radius 3 is 2.29 bits per heavy atom. The fourth-order valence-electron chi connectivity index (χ4n) is 1.72. The average molecular weight is 224 g/mol. The first-order chi connectivity index (χ1) is 8.31. The first kappa shape index (κ1) is 11.5. The first-order valence-corrected chi connectivity index (χ1v) is 5.71. The standard InChI is InChI=1S/C16H16O/c1-3-15(14-10-5-4-6-11-14)17-16-12-8-7-9-13(16)2/h3-12,15H,1H2,2H3/t15-/m0/s1. The van der Waals surface area contributed by atoms with Gasteiger partial charge < -0.3 is 4.74 Å². The highest BCUT2D eigenvalue weighted by molar-refractivity contribution is 5.33. The molecule has 1 nitrogen and oxygen atoms in total. The van der Waals surface area contributed by atoms with Crippen molar-refractivity contribution in [2.75, 3.05) is 0 Å². The number of benzene rings is 2. The van der Waals surface area contributed by atoms with Crippen molar-refractivity contribution < 1.29 is 4.74 Å². The summed E-state index contributed by atoms with van der Waals surface area (Å²) >= 11 is 0. The summed E-state index contributed by atoms with van der Waals surface area (Å²) < 4.78 is 5.96. The summed E-state index contributed by atoms with van der Waals surface area (Å²) in [5.74, 6) is 0.904. The molecule has 1 atom stereocenters. The molecule has 0 saturated carbocycles. The maximum Gasteiger partial charge on any atom is 0.142 e. The minimum atomic E-state index is -0.0997. The Labute approximate surface area is 102 Å². The molecule has 0 fully saturated rings. The van der Waals surface area contributed by atoms with Crippen LogP contribution in [-0.4, -0.2) is 0 Å². The quantitative estimate of drug-likeness (QED) is 0.703. The Bertz CT molecular complexity index is 488. The Morgan fingerprint density at radius 2 is 1.65 bits per heavy atom. The molecule has 0 spiro atoms.